The molecule has 0 saturated heterocycles. The maximum absolute atomic E-state index is 12.2. The van der Waals surface area contributed by atoms with Crippen molar-refractivity contribution in [2.24, 2.45) is 0 Å². The van der Waals surface area contributed by atoms with Gasteiger partial charge in [-0.2, -0.15) is 0 Å². The molecule has 0 atom stereocenters. The summed E-state index contributed by atoms with van der Waals surface area (Å²) in [7, 11) is 0. The maximum Gasteiger partial charge on any atom is 0.255 e. The van der Waals surface area contributed by atoms with Gasteiger partial charge in [0.2, 0.25) is 0 Å². The van der Waals surface area contributed by atoms with Crippen molar-refractivity contribution in [3.63, 3.8) is 0 Å². The van der Waals surface area contributed by atoms with Crippen LogP contribution in [0, 0.1) is 0 Å². The molecule has 0 saturated carbocycles. The Labute approximate surface area is 133 Å². The minimum atomic E-state index is -0.195. The summed E-state index contributed by atoms with van der Waals surface area (Å²) in [6.45, 7) is 4.04. The van der Waals surface area contributed by atoms with Crippen molar-refractivity contribution >= 4 is 34.3 Å². The van der Waals surface area contributed by atoms with E-state index in [4.69, 9.17) is 16.0 Å². The van der Waals surface area contributed by atoms with Crippen LogP contribution in [0.15, 0.2) is 46.9 Å². The van der Waals surface area contributed by atoms with Gasteiger partial charge in [0, 0.05) is 28.3 Å². The van der Waals surface area contributed by atoms with Crippen LogP contribution in [-0.4, -0.2) is 10.9 Å². The van der Waals surface area contributed by atoms with E-state index in [9.17, 15) is 4.79 Å². The molecule has 0 bridgehead atoms. The number of oxazole rings is 1. The second kappa shape index (κ2) is 5.81. The lowest BCUT2D eigenvalue weighted by atomic mass is 10.2. The predicted molar refractivity (Wildman–Crippen MR) is 87.5 cm³/mol. The number of carbonyl (C=O) groups is 1. The summed E-state index contributed by atoms with van der Waals surface area (Å²) in [4.78, 5) is 16.6. The third-order valence-electron chi connectivity index (χ3n) is 3.26. The van der Waals surface area contributed by atoms with Crippen molar-refractivity contribution in [1.29, 1.82) is 0 Å². The van der Waals surface area contributed by atoms with Crippen molar-refractivity contribution in [3.8, 4) is 0 Å². The number of nitrogens with one attached hydrogen (secondary N) is 1. The first-order valence-corrected chi connectivity index (χ1v) is 7.38. The molecule has 5 heteroatoms. The van der Waals surface area contributed by atoms with Crippen molar-refractivity contribution in [1.82, 2.24) is 4.98 Å². The molecule has 0 radical (unpaired) electrons. The molecule has 0 aliphatic heterocycles. The SMILES string of the molecule is CC(C)c1nc2ccc(NC(=O)c3ccc(Cl)cc3)cc2o1. The Kier molecular flexibility index (Phi) is 3.86. The molecular weight excluding hydrogens is 300 g/mol. The summed E-state index contributed by atoms with van der Waals surface area (Å²) < 4.78 is 5.69. The highest BCUT2D eigenvalue weighted by Crippen LogP contribution is 2.24. The average Bonchev–Trinajstić information content (AvgIpc) is 2.91. The number of carbonyl (C=O) groups excluding carboxylic acids is 1. The van der Waals surface area contributed by atoms with E-state index in [0.29, 0.717) is 27.7 Å². The number of rotatable bonds is 3. The second-order valence-electron chi connectivity index (χ2n) is 5.35. The number of benzene rings is 2. The smallest absolute Gasteiger partial charge is 0.255 e. The van der Waals surface area contributed by atoms with Crippen molar-refractivity contribution in [2.75, 3.05) is 5.32 Å². The third-order valence-corrected chi connectivity index (χ3v) is 3.52. The summed E-state index contributed by atoms with van der Waals surface area (Å²) >= 11 is 5.82. The maximum atomic E-state index is 12.2. The highest BCUT2D eigenvalue weighted by Gasteiger charge is 2.11. The van der Waals surface area contributed by atoms with Crippen LogP contribution in [0.3, 0.4) is 0 Å². The van der Waals surface area contributed by atoms with E-state index in [0.717, 1.165) is 5.52 Å². The molecule has 22 heavy (non-hydrogen) atoms. The van der Waals surface area contributed by atoms with Crippen LogP contribution < -0.4 is 5.32 Å². The molecule has 0 spiro atoms. The number of hydrogen-bond donors (Lipinski definition) is 1. The van der Waals surface area contributed by atoms with E-state index in [1.54, 1.807) is 30.3 Å². The molecule has 1 amide bonds. The van der Waals surface area contributed by atoms with E-state index in [-0.39, 0.29) is 11.8 Å². The zero-order valence-corrected chi connectivity index (χ0v) is 13.0. The lowest BCUT2D eigenvalue weighted by Crippen LogP contribution is -2.11. The summed E-state index contributed by atoms with van der Waals surface area (Å²) in [5.41, 5.74) is 2.66. The van der Waals surface area contributed by atoms with Crippen LogP contribution in [0.4, 0.5) is 5.69 Å². The first-order valence-electron chi connectivity index (χ1n) is 7.00. The Morgan fingerprint density at radius 2 is 1.91 bits per heavy atom. The van der Waals surface area contributed by atoms with Gasteiger partial charge in [-0.3, -0.25) is 4.79 Å². The number of halogens is 1. The fourth-order valence-corrected chi connectivity index (χ4v) is 2.20. The van der Waals surface area contributed by atoms with E-state index < -0.39 is 0 Å². The molecule has 4 nitrogen and oxygen atoms in total. The van der Waals surface area contributed by atoms with Gasteiger partial charge in [-0.1, -0.05) is 25.4 Å². The lowest BCUT2D eigenvalue weighted by molar-refractivity contribution is 0.102. The topological polar surface area (TPSA) is 55.1 Å². The minimum Gasteiger partial charge on any atom is -0.440 e. The van der Waals surface area contributed by atoms with Crippen LogP contribution in [0.1, 0.15) is 36.0 Å². The number of amides is 1. The van der Waals surface area contributed by atoms with Gasteiger partial charge in [-0.05, 0) is 36.4 Å². The Balaban J connectivity index is 1.84. The largest absolute Gasteiger partial charge is 0.440 e. The van der Waals surface area contributed by atoms with Gasteiger partial charge in [-0.15, -0.1) is 0 Å². The molecule has 0 aliphatic rings. The Morgan fingerprint density at radius 3 is 2.59 bits per heavy atom. The van der Waals surface area contributed by atoms with Crippen LogP contribution >= 0.6 is 11.6 Å². The highest BCUT2D eigenvalue weighted by atomic mass is 35.5. The Morgan fingerprint density at radius 1 is 1.18 bits per heavy atom. The van der Waals surface area contributed by atoms with Gasteiger partial charge in [0.25, 0.3) is 5.91 Å². The molecule has 3 rings (SSSR count). The zero-order valence-electron chi connectivity index (χ0n) is 12.3. The van der Waals surface area contributed by atoms with Crippen molar-refractivity contribution < 1.29 is 9.21 Å². The fourth-order valence-electron chi connectivity index (χ4n) is 2.07. The highest BCUT2D eigenvalue weighted by molar-refractivity contribution is 6.30. The number of nitrogens with zero attached hydrogens (tertiary/aromatic N) is 1. The Bertz CT molecular complexity index is 822. The van der Waals surface area contributed by atoms with Crippen LogP contribution in [0.5, 0.6) is 0 Å². The summed E-state index contributed by atoms with van der Waals surface area (Å²) in [5.74, 6) is 0.718. The van der Waals surface area contributed by atoms with Gasteiger partial charge in [0.05, 0.1) is 0 Å². The van der Waals surface area contributed by atoms with Crippen molar-refractivity contribution in [2.45, 2.75) is 19.8 Å². The van der Waals surface area contributed by atoms with Gasteiger partial charge in [-0.25, -0.2) is 4.98 Å². The van der Waals surface area contributed by atoms with Crippen LogP contribution in [0.2, 0.25) is 5.02 Å². The molecular formula is C17H15ClN2O2. The van der Waals surface area contributed by atoms with E-state index in [1.165, 1.54) is 0 Å². The minimum absolute atomic E-state index is 0.195. The van der Waals surface area contributed by atoms with Gasteiger partial charge in [0.1, 0.15) is 5.52 Å². The van der Waals surface area contributed by atoms with Crippen LogP contribution in [-0.2, 0) is 0 Å². The molecule has 0 aliphatic carbocycles. The van der Waals surface area contributed by atoms with E-state index in [1.807, 2.05) is 26.0 Å². The van der Waals surface area contributed by atoms with E-state index in [2.05, 4.69) is 10.3 Å². The molecule has 112 valence electrons. The molecule has 1 heterocycles. The first kappa shape index (κ1) is 14.6. The molecule has 2 aromatic carbocycles. The van der Waals surface area contributed by atoms with Gasteiger partial charge in [0.15, 0.2) is 11.5 Å². The fraction of sp³-hybridized carbons (Fsp3) is 0.176. The normalized spacial score (nSPS) is 11.1. The second-order valence-corrected chi connectivity index (χ2v) is 5.79. The first-order chi connectivity index (χ1) is 10.5. The molecule has 0 unspecified atom stereocenters. The molecule has 0 fully saturated rings. The standard InChI is InChI=1S/C17H15ClN2O2/c1-10(2)17-20-14-8-7-13(9-15(14)22-17)19-16(21)11-3-5-12(18)6-4-11/h3-10H,1-2H3,(H,19,21). The predicted octanol–water partition coefficient (Wildman–Crippen LogP) is 4.86. The lowest BCUT2D eigenvalue weighted by Gasteiger charge is -2.05. The number of hydrogen-bond acceptors (Lipinski definition) is 3. The summed E-state index contributed by atoms with van der Waals surface area (Å²) in [6.07, 6.45) is 0. The average molecular weight is 315 g/mol. The molecule has 1 N–H and O–H groups in total. The monoisotopic (exact) mass is 314 g/mol. The molecule has 1 aromatic heterocycles. The Hall–Kier alpha value is -2.33. The summed E-state index contributed by atoms with van der Waals surface area (Å²) in [5, 5.41) is 3.44. The zero-order chi connectivity index (χ0) is 15.7. The van der Waals surface area contributed by atoms with Crippen molar-refractivity contribution in [3.05, 3.63) is 58.9 Å². The van der Waals surface area contributed by atoms with E-state index >= 15 is 0 Å². The number of aromatic nitrogens is 1. The molecule has 3 aromatic rings. The third kappa shape index (κ3) is 2.97. The van der Waals surface area contributed by atoms with Gasteiger partial charge >= 0.3 is 0 Å². The number of fused-ring (bicyclic) bond motifs is 1. The van der Waals surface area contributed by atoms with Crippen LogP contribution in [0.25, 0.3) is 11.1 Å². The van der Waals surface area contributed by atoms with Gasteiger partial charge < -0.3 is 9.73 Å². The summed E-state index contributed by atoms with van der Waals surface area (Å²) in [6, 6.07) is 12.2. The number of anilines is 1. The quantitative estimate of drug-likeness (QED) is 0.751.